The second kappa shape index (κ2) is 6.42. The molecule has 6 nitrogen and oxygen atoms in total. The van der Waals surface area contributed by atoms with E-state index in [4.69, 9.17) is 10.5 Å². The number of likely N-dealkylation sites (tertiary alicyclic amines) is 1. The van der Waals surface area contributed by atoms with Crippen LogP contribution in [0.3, 0.4) is 0 Å². The number of aromatic nitrogens is 1. The van der Waals surface area contributed by atoms with Crippen LogP contribution in [0.15, 0.2) is 35.3 Å². The molecule has 3 rings (SSSR count). The van der Waals surface area contributed by atoms with Crippen LogP contribution in [0.25, 0.3) is 10.8 Å². The SMILES string of the molecule is CC(N)C(=O)N1CCC(Oc2ccc3c(=O)[nH]ccc3c2)CC1. The van der Waals surface area contributed by atoms with Crippen LogP contribution >= 0.6 is 0 Å². The third kappa shape index (κ3) is 3.37. The predicted molar refractivity (Wildman–Crippen MR) is 88.4 cm³/mol. The third-order valence-electron chi connectivity index (χ3n) is 4.19. The zero-order chi connectivity index (χ0) is 16.4. The number of ether oxygens (including phenoxy) is 1. The van der Waals surface area contributed by atoms with Gasteiger partial charge in [-0.15, -0.1) is 0 Å². The van der Waals surface area contributed by atoms with Crippen molar-refractivity contribution in [3.8, 4) is 5.75 Å². The van der Waals surface area contributed by atoms with Crippen molar-refractivity contribution in [1.82, 2.24) is 9.88 Å². The van der Waals surface area contributed by atoms with Crippen LogP contribution in [0.1, 0.15) is 19.8 Å². The van der Waals surface area contributed by atoms with Crippen molar-refractivity contribution < 1.29 is 9.53 Å². The summed E-state index contributed by atoms with van der Waals surface area (Å²) in [5, 5.41) is 1.51. The van der Waals surface area contributed by atoms with Crippen molar-refractivity contribution in [1.29, 1.82) is 0 Å². The van der Waals surface area contributed by atoms with Crippen molar-refractivity contribution in [3.63, 3.8) is 0 Å². The fourth-order valence-corrected chi connectivity index (χ4v) is 2.92. The summed E-state index contributed by atoms with van der Waals surface area (Å²) < 4.78 is 6.01. The molecule has 1 saturated heterocycles. The van der Waals surface area contributed by atoms with E-state index in [1.54, 1.807) is 24.1 Å². The number of rotatable bonds is 3. The van der Waals surface area contributed by atoms with Crippen molar-refractivity contribution >= 4 is 16.7 Å². The summed E-state index contributed by atoms with van der Waals surface area (Å²) in [6, 6.07) is 6.87. The van der Waals surface area contributed by atoms with Crippen LogP contribution in [-0.4, -0.2) is 41.0 Å². The Labute approximate surface area is 134 Å². The maximum atomic E-state index is 11.9. The number of hydrogen-bond donors (Lipinski definition) is 2. The van der Waals surface area contributed by atoms with E-state index in [0.717, 1.165) is 24.0 Å². The lowest BCUT2D eigenvalue weighted by molar-refractivity contribution is -0.133. The van der Waals surface area contributed by atoms with Crippen molar-refractivity contribution in [2.75, 3.05) is 13.1 Å². The number of aromatic amines is 1. The molecule has 1 fully saturated rings. The van der Waals surface area contributed by atoms with Crippen LogP contribution in [0, 0.1) is 0 Å². The largest absolute Gasteiger partial charge is 0.490 e. The Morgan fingerprint density at radius 2 is 2.09 bits per heavy atom. The van der Waals surface area contributed by atoms with E-state index in [1.165, 1.54) is 0 Å². The van der Waals surface area contributed by atoms with E-state index in [2.05, 4.69) is 4.98 Å². The van der Waals surface area contributed by atoms with Gasteiger partial charge < -0.3 is 20.4 Å². The van der Waals surface area contributed by atoms with Crippen LogP contribution in [0.2, 0.25) is 0 Å². The van der Waals surface area contributed by atoms with Crippen molar-refractivity contribution in [3.05, 3.63) is 40.8 Å². The lowest BCUT2D eigenvalue weighted by Crippen LogP contribution is -2.47. The monoisotopic (exact) mass is 315 g/mol. The number of carbonyl (C=O) groups excluding carboxylic acids is 1. The minimum atomic E-state index is -0.453. The Bertz CT molecular complexity index is 761. The highest BCUT2D eigenvalue weighted by molar-refractivity contribution is 5.82. The van der Waals surface area contributed by atoms with Gasteiger partial charge in [-0.1, -0.05) is 0 Å². The second-order valence-corrected chi connectivity index (χ2v) is 5.99. The van der Waals surface area contributed by atoms with Gasteiger partial charge in [0, 0.05) is 37.5 Å². The molecule has 1 amide bonds. The van der Waals surface area contributed by atoms with Gasteiger partial charge in [-0.25, -0.2) is 0 Å². The molecule has 23 heavy (non-hydrogen) atoms. The predicted octanol–water partition coefficient (Wildman–Crippen LogP) is 1.25. The summed E-state index contributed by atoms with van der Waals surface area (Å²) in [5.74, 6) is 0.744. The van der Waals surface area contributed by atoms with Crippen LogP contribution in [-0.2, 0) is 4.79 Å². The fraction of sp³-hybridized carbons (Fsp3) is 0.412. The van der Waals surface area contributed by atoms with Gasteiger partial charge in [0.2, 0.25) is 5.91 Å². The summed E-state index contributed by atoms with van der Waals surface area (Å²) in [7, 11) is 0. The number of benzene rings is 1. The van der Waals surface area contributed by atoms with Gasteiger partial charge in [0.25, 0.3) is 5.56 Å². The lowest BCUT2D eigenvalue weighted by Gasteiger charge is -2.33. The van der Waals surface area contributed by atoms with Crippen LogP contribution in [0.5, 0.6) is 5.75 Å². The first-order chi connectivity index (χ1) is 11.0. The molecule has 1 aliphatic rings. The number of H-pyrrole nitrogens is 1. The average molecular weight is 315 g/mol. The molecule has 6 heteroatoms. The third-order valence-corrected chi connectivity index (χ3v) is 4.19. The van der Waals surface area contributed by atoms with E-state index in [0.29, 0.717) is 18.5 Å². The highest BCUT2D eigenvalue weighted by Crippen LogP contribution is 2.22. The number of carbonyl (C=O) groups is 1. The highest BCUT2D eigenvalue weighted by atomic mass is 16.5. The molecule has 1 aromatic carbocycles. The zero-order valence-corrected chi connectivity index (χ0v) is 13.1. The molecule has 1 aliphatic heterocycles. The maximum absolute atomic E-state index is 11.9. The first-order valence-corrected chi connectivity index (χ1v) is 7.87. The van der Waals surface area contributed by atoms with Gasteiger partial charge in [0.1, 0.15) is 11.9 Å². The molecule has 2 heterocycles. The van der Waals surface area contributed by atoms with Gasteiger partial charge in [-0.3, -0.25) is 9.59 Å². The summed E-state index contributed by atoms with van der Waals surface area (Å²) >= 11 is 0. The normalized spacial score (nSPS) is 17.2. The zero-order valence-electron chi connectivity index (χ0n) is 13.1. The van der Waals surface area contributed by atoms with Gasteiger partial charge in [0.15, 0.2) is 0 Å². The topological polar surface area (TPSA) is 88.4 Å². The summed E-state index contributed by atoms with van der Waals surface area (Å²) in [4.78, 5) is 28.0. The Morgan fingerprint density at radius 3 is 2.78 bits per heavy atom. The molecule has 122 valence electrons. The standard InChI is InChI=1S/C17H21N3O3/c1-11(18)17(22)20-8-5-13(6-9-20)23-14-2-3-15-12(10-14)4-7-19-16(15)21/h2-4,7,10-11,13H,5-6,8-9,18H2,1H3,(H,19,21). The first kappa shape index (κ1) is 15.6. The molecule has 1 aromatic heterocycles. The van der Waals surface area contributed by atoms with E-state index >= 15 is 0 Å². The number of amides is 1. The van der Waals surface area contributed by atoms with Crippen LogP contribution in [0.4, 0.5) is 0 Å². The maximum Gasteiger partial charge on any atom is 0.255 e. The molecule has 1 unspecified atom stereocenters. The Morgan fingerprint density at radius 1 is 1.35 bits per heavy atom. The molecular formula is C17H21N3O3. The Balaban J connectivity index is 1.65. The number of nitrogens with one attached hydrogen (secondary N) is 1. The molecule has 1 atom stereocenters. The summed E-state index contributed by atoms with van der Waals surface area (Å²) in [6.45, 7) is 3.04. The van der Waals surface area contributed by atoms with Gasteiger partial charge >= 0.3 is 0 Å². The molecule has 0 aliphatic carbocycles. The molecule has 2 aromatic rings. The van der Waals surface area contributed by atoms with E-state index in [1.807, 2.05) is 18.2 Å². The molecular weight excluding hydrogens is 294 g/mol. The van der Waals surface area contributed by atoms with Gasteiger partial charge in [0.05, 0.1) is 6.04 Å². The Hall–Kier alpha value is -2.34. The average Bonchev–Trinajstić information content (AvgIpc) is 2.55. The van der Waals surface area contributed by atoms with Crippen LogP contribution < -0.4 is 16.0 Å². The van der Waals surface area contributed by atoms with E-state index in [-0.39, 0.29) is 17.6 Å². The fourth-order valence-electron chi connectivity index (χ4n) is 2.92. The minimum absolute atomic E-state index is 0.00613. The number of pyridine rings is 1. The summed E-state index contributed by atoms with van der Waals surface area (Å²) in [5.41, 5.74) is 5.54. The smallest absolute Gasteiger partial charge is 0.255 e. The minimum Gasteiger partial charge on any atom is -0.490 e. The lowest BCUT2D eigenvalue weighted by atomic mass is 10.1. The van der Waals surface area contributed by atoms with Crippen molar-refractivity contribution in [2.45, 2.75) is 31.9 Å². The molecule has 0 spiro atoms. The highest BCUT2D eigenvalue weighted by Gasteiger charge is 2.25. The number of hydrogen-bond acceptors (Lipinski definition) is 4. The van der Waals surface area contributed by atoms with Crippen molar-refractivity contribution in [2.24, 2.45) is 5.73 Å². The Kier molecular flexibility index (Phi) is 4.34. The number of nitrogens with two attached hydrogens (primary N) is 1. The molecule has 0 radical (unpaired) electrons. The summed E-state index contributed by atoms with van der Waals surface area (Å²) in [6.07, 6.45) is 3.27. The molecule has 0 saturated carbocycles. The second-order valence-electron chi connectivity index (χ2n) is 5.99. The first-order valence-electron chi connectivity index (χ1n) is 7.87. The van der Waals surface area contributed by atoms with E-state index in [9.17, 15) is 9.59 Å². The number of fused-ring (bicyclic) bond motifs is 1. The van der Waals surface area contributed by atoms with E-state index < -0.39 is 6.04 Å². The van der Waals surface area contributed by atoms with Gasteiger partial charge in [-0.2, -0.15) is 0 Å². The quantitative estimate of drug-likeness (QED) is 0.892. The number of piperidine rings is 1. The molecule has 3 N–H and O–H groups in total. The number of nitrogens with zero attached hydrogens (tertiary/aromatic N) is 1. The van der Waals surface area contributed by atoms with Gasteiger partial charge in [-0.05, 0) is 36.6 Å². The molecule has 0 bridgehead atoms.